The van der Waals surface area contributed by atoms with Crippen molar-refractivity contribution >= 4 is 16.9 Å². The summed E-state index contributed by atoms with van der Waals surface area (Å²) in [5, 5.41) is 10.1. The Morgan fingerprint density at radius 1 is 1.35 bits per heavy atom. The van der Waals surface area contributed by atoms with Crippen molar-refractivity contribution in [2.75, 3.05) is 13.1 Å². The molecule has 2 rings (SSSR count). The maximum Gasteiger partial charge on any atom is 0.307 e. The van der Waals surface area contributed by atoms with Crippen LogP contribution in [0.1, 0.15) is 19.4 Å². The van der Waals surface area contributed by atoms with Gasteiger partial charge in [0.2, 0.25) is 0 Å². The van der Waals surface area contributed by atoms with Gasteiger partial charge in [-0.3, -0.25) is 14.7 Å². The molecule has 0 saturated heterocycles. The number of carbonyl (C=O) groups is 1. The first kappa shape index (κ1) is 14.5. The lowest BCUT2D eigenvalue weighted by Crippen LogP contribution is -2.31. The van der Waals surface area contributed by atoms with Gasteiger partial charge in [0.25, 0.3) is 0 Å². The number of pyridine rings is 1. The minimum absolute atomic E-state index is 0.363. The van der Waals surface area contributed by atoms with E-state index in [0.717, 1.165) is 29.6 Å². The van der Waals surface area contributed by atoms with Gasteiger partial charge in [-0.2, -0.15) is 0 Å². The van der Waals surface area contributed by atoms with E-state index in [1.54, 1.807) is 13.1 Å². The monoisotopic (exact) mass is 272 g/mol. The maximum absolute atomic E-state index is 11.0. The van der Waals surface area contributed by atoms with Crippen molar-refractivity contribution in [3.8, 4) is 0 Å². The average Bonchev–Trinajstić information content (AvgIpc) is 2.46. The molecule has 106 valence electrons. The molecule has 1 unspecified atom stereocenters. The van der Waals surface area contributed by atoms with E-state index in [0.29, 0.717) is 6.54 Å². The first-order chi connectivity index (χ1) is 9.61. The highest BCUT2D eigenvalue weighted by molar-refractivity contribution is 5.81. The molecule has 0 bridgehead atoms. The van der Waals surface area contributed by atoms with Crippen LogP contribution < -0.4 is 0 Å². The van der Waals surface area contributed by atoms with E-state index >= 15 is 0 Å². The van der Waals surface area contributed by atoms with Crippen molar-refractivity contribution < 1.29 is 9.90 Å². The Morgan fingerprint density at radius 3 is 2.80 bits per heavy atom. The second-order valence-electron chi connectivity index (χ2n) is 5.06. The topological polar surface area (TPSA) is 53.4 Å². The molecule has 0 saturated carbocycles. The van der Waals surface area contributed by atoms with Gasteiger partial charge in [0.05, 0.1) is 11.4 Å². The van der Waals surface area contributed by atoms with Crippen molar-refractivity contribution in [1.29, 1.82) is 0 Å². The zero-order valence-corrected chi connectivity index (χ0v) is 11.9. The van der Waals surface area contributed by atoms with E-state index in [2.05, 4.69) is 16.0 Å². The number of aromatic nitrogens is 1. The molecule has 4 heteroatoms. The van der Waals surface area contributed by atoms with Gasteiger partial charge in [-0.1, -0.05) is 38.1 Å². The van der Waals surface area contributed by atoms with Gasteiger partial charge in [0, 0.05) is 24.7 Å². The van der Waals surface area contributed by atoms with Gasteiger partial charge in [0.15, 0.2) is 0 Å². The average molecular weight is 272 g/mol. The second kappa shape index (κ2) is 6.48. The molecule has 0 fully saturated rings. The quantitative estimate of drug-likeness (QED) is 0.878. The molecule has 0 aliphatic rings. The van der Waals surface area contributed by atoms with Crippen LogP contribution in [0.2, 0.25) is 0 Å². The summed E-state index contributed by atoms with van der Waals surface area (Å²) in [6, 6.07) is 10.1. The number of nitrogens with zero attached hydrogens (tertiary/aromatic N) is 2. The molecule has 1 aromatic heterocycles. The Bertz CT molecular complexity index is 593. The third-order valence-electron chi connectivity index (χ3n) is 3.51. The van der Waals surface area contributed by atoms with Gasteiger partial charge in [0.1, 0.15) is 0 Å². The molecule has 0 aliphatic carbocycles. The Morgan fingerprint density at radius 2 is 2.10 bits per heavy atom. The molecule has 0 spiro atoms. The molecular formula is C16H20N2O2. The highest BCUT2D eigenvalue weighted by atomic mass is 16.4. The van der Waals surface area contributed by atoms with Crippen LogP contribution in [0.15, 0.2) is 36.5 Å². The van der Waals surface area contributed by atoms with Gasteiger partial charge in [-0.25, -0.2) is 0 Å². The largest absolute Gasteiger partial charge is 0.481 e. The predicted molar refractivity (Wildman–Crippen MR) is 79.5 cm³/mol. The third kappa shape index (κ3) is 3.33. The van der Waals surface area contributed by atoms with Crippen LogP contribution in [0.25, 0.3) is 10.9 Å². The maximum atomic E-state index is 11.0. The van der Waals surface area contributed by atoms with E-state index in [9.17, 15) is 4.79 Å². The van der Waals surface area contributed by atoms with E-state index < -0.39 is 5.97 Å². The minimum Gasteiger partial charge on any atom is -0.481 e. The summed E-state index contributed by atoms with van der Waals surface area (Å²) in [5.74, 6) is -1.11. The van der Waals surface area contributed by atoms with E-state index in [1.807, 2.05) is 31.2 Å². The SMILES string of the molecule is CCN(Cc1cccc2cccnc12)CC(C)C(=O)O. The van der Waals surface area contributed by atoms with Crippen LogP contribution in [0, 0.1) is 5.92 Å². The summed E-state index contributed by atoms with van der Waals surface area (Å²) in [6.45, 7) is 5.89. The molecule has 1 heterocycles. The normalized spacial score (nSPS) is 12.8. The molecule has 4 nitrogen and oxygen atoms in total. The van der Waals surface area contributed by atoms with E-state index in [4.69, 9.17) is 5.11 Å². The molecule has 1 N–H and O–H groups in total. The van der Waals surface area contributed by atoms with E-state index in [-0.39, 0.29) is 5.92 Å². The van der Waals surface area contributed by atoms with Crippen molar-refractivity contribution in [2.45, 2.75) is 20.4 Å². The van der Waals surface area contributed by atoms with Gasteiger partial charge in [-0.05, 0) is 18.2 Å². The summed E-state index contributed by atoms with van der Waals surface area (Å²) in [5.41, 5.74) is 2.14. The number of para-hydroxylation sites is 1. The molecule has 0 amide bonds. The van der Waals surface area contributed by atoms with Crippen LogP contribution in [-0.2, 0) is 11.3 Å². The van der Waals surface area contributed by atoms with Crippen LogP contribution in [-0.4, -0.2) is 34.0 Å². The van der Waals surface area contributed by atoms with Gasteiger partial charge >= 0.3 is 5.97 Å². The second-order valence-corrected chi connectivity index (χ2v) is 5.06. The Balaban J connectivity index is 2.19. The molecule has 0 aliphatic heterocycles. The number of benzene rings is 1. The van der Waals surface area contributed by atoms with Crippen molar-refractivity contribution in [3.63, 3.8) is 0 Å². The highest BCUT2D eigenvalue weighted by Gasteiger charge is 2.16. The molecular weight excluding hydrogens is 252 g/mol. The predicted octanol–water partition coefficient (Wildman–Crippen LogP) is 2.78. The fourth-order valence-electron chi connectivity index (χ4n) is 2.31. The number of hydrogen-bond donors (Lipinski definition) is 1. The fraction of sp³-hybridized carbons (Fsp3) is 0.375. The minimum atomic E-state index is -0.750. The smallest absolute Gasteiger partial charge is 0.307 e. The van der Waals surface area contributed by atoms with Crippen LogP contribution >= 0.6 is 0 Å². The first-order valence-corrected chi connectivity index (χ1v) is 6.89. The van der Waals surface area contributed by atoms with Crippen molar-refractivity contribution in [1.82, 2.24) is 9.88 Å². The summed E-state index contributed by atoms with van der Waals surface area (Å²) in [4.78, 5) is 17.6. The third-order valence-corrected chi connectivity index (χ3v) is 3.51. The lowest BCUT2D eigenvalue weighted by atomic mass is 10.1. The highest BCUT2D eigenvalue weighted by Crippen LogP contribution is 2.18. The standard InChI is InChI=1S/C16H20N2O2/c1-3-18(10-12(2)16(19)20)11-14-7-4-6-13-8-5-9-17-15(13)14/h4-9,12H,3,10-11H2,1-2H3,(H,19,20). The molecule has 2 aromatic rings. The van der Waals surface area contributed by atoms with Crippen molar-refractivity contribution in [3.05, 3.63) is 42.1 Å². The van der Waals surface area contributed by atoms with Gasteiger partial charge in [-0.15, -0.1) is 0 Å². The fourth-order valence-corrected chi connectivity index (χ4v) is 2.31. The van der Waals surface area contributed by atoms with Crippen molar-refractivity contribution in [2.24, 2.45) is 5.92 Å². The Kier molecular flexibility index (Phi) is 4.69. The molecule has 1 atom stereocenters. The lowest BCUT2D eigenvalue weighted by molar-refractivity contribution is -0.141. The summed E-state index contributed by atoms with van der Waals surface area (Å²) in [7, 11) is 0. The van der Waals surface area contributed by atoms with Gasteiger partial charge < -0.3 is 5.11 Å². The zero-order chi connectivity index (χ0) is 14.5. The first-order valence-electron chi connectivity index (χ1n) is 6.89. The lowest BCUT2D eigenvalue weighted by Gasteiger charge is -2.23. The van der Waals surface area contributed by atoms with Crippen LogP contribution in [0.4, 0.5) is 0 Å². The number of carboxylic acids is 1. The number of fused-ring (bicyclic) bond motifs is 1. The van der Waals surface area contributed by atoms with Crippen LogP contribution in [0.5, 0.6) is 0 Å². The molecule has 0 radical (unpaired) electrons. The summed E-state index contributed by atoms with van der Waals surface area (Å²) >= 11 is 0. The number of carboxylic acid groups (broad SMARTS) is 1. The van der Waals surface area contributed by atoms with Crippen LogP contribution in [0.3, 0.4) is 0 Å². The van der Waals surface area contributed by atoms with E-state index in [1.165, 1.54) is 0 Å². The number of hydrogen-bond acceptors (Lipinski definition) is 3. The summed E-state index contributed by atoms with van der Waals surface area (Å²) < 4.78 is 0. The summed E-state index contributed by atoms with van der Waals surface area (Å²) in [6.07, 6.45) is 1.79. The number of rotatable bonds is 6. The Labute approximate surface area is 119 Å². The molecule has 20 heavy (non-hydrogen) atoms. The number of aliphatic carboxylic acids is 1. The molecule has 1 aromatic carbocycles. The Hall–Kier alpha value is -1.94. The zero-order valence-electron chi connectivity index (χ0n) is 11.9.